The van der Waals surface area contributed by atoms with Crippen LogP contribution in [0.25, 0.3) is 0 Å². The van der Waals surface area contributed by atoms with Gasteiger partial charge in [-0.3, -0.25) is 4.79 Å². The van der Waals surface area contributed by atoms with E-state index in [1.54, 1.807) is 18.2 Å². The van der Waals surface area contributed by atoms with Crippen LogP contribution in [0, 0.1) is 0 Å². The molecule has 1 saturated carbocycles. The lowest BCUT2D eigenvalue weighted by atomic mass is 9.98. The van der Waals surface area contributed by atoms with Crippen LogP contribution in [0.2, 0.25) is 0 Å². The van der Waals surface area contributed by atoms with E-state index in [1.165, 1.54) is 6.07 Å². The molecule has 20 heavy (non-hydrogen) atoms. The first-order chi connectivity index (χ1) is 8.99. The molecule has 0 saturated heterocycles. The van der Waals surface area contributed by atoms with Gasteiger partial charge in [-0.25, -0.2) is 0 Å². The van der Waals surface area contributed by atoms with E-state index >= 15 is 0 Å². The standard InChI is InChI=1S/C13H16F2N2OS.ClH/c14-12(15)19-10-5-3-4-9(8-10)17-11(18)13(16)6-1-2-7-13;/h3-5,8,12H,1-2,6-7,16H2,(H,17,18);1H. The molecule has 1 amide bonds. The van der Waals surface area contributed by atoms with Crippen LogP contribution in [0.4, 0.5) is 14.5 Å². The Balaban J connectivity index is 0.00000200. The van der Waals surface area contributed by atoms with Gasteiger partial charge in [0.05, 0.1) is 5.54 Å². The van der Waals surface area contributed by atoms with Crippen molar-refractivity contribution >= 4 is 35.8 Å². The third-order valence-electron chi connectivity index (χ3n) is 3.27. The summed E-state index contributed by atoms with van der Waals surface area (Å²) in [5.41, 5.74) is 5.73. The lowest BCUT2D eigenvalue weighted by Crippen LogP contribution is -2.48. The fourth-order valence-corrected chi connectivity index (χ4v) is 2.80. The summed E-state index contributed by atoms with van der Waals surface area (Å²) in [4.78, 5) is 12.5. The predicted molar refractivity (Wildman–Crippen MR) is 79.6 cm³/mol. The lowest BCUT2D eigenvalue weighted by molar-refractivity contribution is -0.121. The van der Waals surface area contributed by atoms with Crippen molar-refractivity contribution in [2.24, 2.45) is 5.73 Å². The number of nitrogens with two attached hydrogens (primary N) is 1. The Bertz CT molecular complexity index is 467. The molecule has 3 nitrogen and oxygen atoms in total. The summed E-state index contributed by atoms with van der Waals surface area (Å²) in [5, 5.41) is 2.72. The highest BCUT2D eigenvalue weighted by atomic mass is 35.5. The fraction of sp³-hybridized carbons (Fsp3) is 0.462. The third kappa shape index (κ3) is 4.33. The van der Waals surface area contributed by atoms with Gasteiger partial charge in [0, 0.05) is 10.6 Å². The summed E-state index contributed by atoms with van der Waals surface area (Å²) in [6, 6.07) is 6.43. The van der Waals surface area contributed by atoms with E-state index in [1.807, 2.05) is 0 Å². The quantitative estimate of drug-likeness (QED) is 0.832. The van der Waals surface area contributed by atoms with Crippen LogP contribution in [0.15, 0.2) is 29.2 Å². The number of amides is 1. The average Bonchev–Trinajstić information content (AvgIpc) is 2.77. The van der Waals surface area contributed by atoms with Crippen molar-refractivity contribution < 1.29 is 13.6 Å². The second-order valence-electron chi connectivity index (χ2n) is 4.72. The maximum Gasteiger partial charge on any atom is 0.288 e. The van der Waals surface area contributed by atoms with Crippen molar-refractivity contribution in [2.75, 3.05) is 5.32 Å². The number of halogens is 3. The predicted octanol–water partition coefficient (Wildman–Crippen LogP) is 3.63. The van der Waals surface area contributed by atoms with Crippen molar-refractivity contribution in [3.05, 3.63) is 24.3 Å². The minimum atomic E-state index is -2.47. The lowest BCUT2D eigenvalue weighted by Gasteiger charge is -2.22. The van der Waals surface area contributed by atoms with E-state index in [-0.39, 0.29) is 18.3 Å². The third-order valence-corrected chi connectivity index (χ3v) is 3.97. The monoisotopic (exact) mass is 322 g/mol. The molecular weight excluding hydrogens is 306 g/mol. The second-order valence-corrected chi connectivity index (χ2v) is 5.79. The summed E-state index contributed by atoms with van der Waals surface area (Å²) >= 11 is 0.455. The Morgan fingerprint density at radius 1 is 1.35 bits per heavy atom. The molecule has 3 N–H and O–H groups in total. The van der Waals surface area contributed by atoms with Crippen LogP contribution in [0.3, 0.4) is 0 Å². The molecule has 112 valence electrons. The van der Waals surface area contributed by atoms with Gasteiger partial charge < -0.3 is 11.1 Å². The zero-order chi connectivity index (χ0) is 13.9. The highest BCUT2D eigenvalue weighted by Gasteiger charge is 2.36. The van der Waals surface area contributed by atoms with Crippen LogP contribution in [-0.2, 0) is 4.79 Å². The molecular formula is C13H17ClF2N2OS. The maximum absolute atomic E-state index is 12.3. The smallest absolute Gasteiger partial charge is 0.288 e. The van der Waals surface area contributed by atoms with E-state index in [9.17, 15) is 13.6 Å². The minimum Gasteiger partial charge on any atom is -0.324 e. The molecule has 0 aliphatic heterocycles. The zero-order valence-corrected chi connectivity index (χ0v) is 12.4. The molecule has 0 unspecified atom stereocenters. The van der Waals surface area contributed by atoms with Gasteiger partial charge in [0.15, 0.2) is 0 Å². The van der Waals surface area contributed by atoms with Gasteiger partial charge in [-0.1, -0.05) is 30.7 Å². The Labute approximate surface area is 127 Å². The molecule has 1 aliphatic rings. The summed E-state index contributed by atoms with van der Waals surface area (Å²) in [6.45, 7) is 0. The first-order valence-corrected chi connectivity index (χ1v) is 7.03. The number of rotatable bonds is 4. The Morgan fingerprint density at radius 2 is 2.00 bits per heavy atom. The van der Waals surface area contributed by atoms with E-state index in [2.05, 4.69) is 5.32 Å². The zero-order valence-electron chi connectivity index (χ0n) is 10.8. The summed E-state index contributed by atoms with van der Waals surface area (Å²) < 4.78 is 24.6. The van der Waals surface area contributed by atoms with Gasteiger partial charge >= 0.3 is 0 Å². The highest BCUT2D eigenvalue weighted by Crippen LogP contribution is 2.30. The number of hydrogen-bond donors (Lipinski definition) is 2. The van der Waals surface area contributed by atoms with Crippen molar-refractivity contribution in [3.8, 4) is 0 Å². The number of carbonyl (C=O) groups excluding carboxylic acids is 1. The second kappa shape index (κ2) is 7.24. The first kappa shape index (κ1) is 17.2. The van der Waals surface area contributed by atoms with E-state index in [0.29, 0.717) is 35.2 Å². The number of alkyl halides is 2. The fourth-order valence-electron chi connectivity index (χ4n) is 2.24. The molecule has 1 aromatic rings. The number of nitrogens with one attached hydrogen (secondary N) is 1. The molecule has 1 aromatic carbocycles. The van der Waals surface area contributed by atoms with Crippen molar-refractivity contribution in [1.82, 2.24) is 0 Å². The molecule has 0 aromatic heterocycles. The number of thioether (sulfide) groups is 1. The topological polar surface area (TPSA) is 55.1 Å². The van der Waals surface area contributed by atoms with Gasteiger partial charge in [-0.15, -0.1) is 12.4 Å². The van der Waals surface area contributed by atoms with Crippen molar-refractivity contribution in [2.45, 2.75) is 41.9 Å². The summed E-state index contributed by atoms with van der Waals surface area (Å²) in [7, 11) is 0. The maximum atomic E-state index is 12.3. The number of anilines is 1. The number of benzene rings is 1. The molecule has 2 rings (SSSR count). The molecule has 1 aliphatic carbocycles. The largest absolute Gasteiger partial charge is 0.324 e. The van der Waals surface area contributed by atoms with Gasteiger partial charge in [-0.05, 0) is 31.0 Å². The van der Waals surface area contributed by atoms with Gasteiger partial charge in [0.25, 0.3) is 5.76 Å². The summed E-state index contributed by atoms with van der Waals surface area (Å²) in [5.74, 6) is -2.70. The number of hydrogen-bond acceptors (Lipinski definition) is 3. The highest BCUT2D eigenvalue weighted by molar-refractivity contribution is 7.99. The normalized spacial score (nSPS) is 16.8. The minimum absolute atomic E-state index is 0. The van der Waals surface area contributed by atoms with Crippen molar-refractivity contribution in [3.63, 3.8) is 0 Å². The molecule has 0 heterocycles. The SMILES string of the molecule is Cl.NC1(C(=O)Nc2cccc(SC(F)F)c2)CCCC1. The van der Waals surface area contributed by atoms with Crippen LogP contribution >= 0.6 is 24.2 Å². The molecule has 7 heteroatoms. The Hall–Kier alpha value is -0.850. The Morgan fingerprint density at radius 3 is 2.60 bits per heavy atom. The van der Waals surface area contributed by atoms with Crippen LogP contribution in [0.5, 0.6) is 0 Å². The van der Waals surface area contributed by atoms with Crippen molar-refractivity contribution in [1.29, 1.82) is 0 Å². The van der Waals surface area contributed by atoms with Crippen LogP contribution in [0.1, 0.15) is 25.7 Å². The molecule has 0 spiro atoms. The number of carbonyl (C=O) groups is 1. The molecule has 1 fully saturated rings. The molecule has 0 atom stereocenters. The van der Waals surface area contributed by atoms with E-state index < -0.39 is 11.3 Å². The molecule has 0 bridgehead atoms. The summed E-state index contributed by atoms with van der Waals surface area (Å²) in [6.07, 6.45) is 3.24. The average molecular weight is 323 g/mol. The van der Waals surface area contributed by atoms with Gasteiger partial charge in [0.2, 0.25) is 5.91 Å². The van der Waals surface area contributed by atoms with Gasteiger partial charge in [-0.2, -0.15) is 8.78 Å². The molecule has 0 radical (unpaired) electrons. The van der Waals surface area contributed by atoms with Crippen LogP contribution < -0.4 is 11.1 Å². The first-order valence-electron chi connectivity index (χ1n) is 6.15. The Kier molecular flexibility index (Phi) is 6.23. The van der Waals surface area contributed by atoms with Crippen LogP contribution in [-0.4, -0.2) is 17.2 Å². The van der Waals surface area contributed by atoms with Gasteiger partial charge in [0.1, 0.15) is 0 Å². The van der Waals surface area contributed by atoms with E-state index in [4.69, 9.17) is 5.73 Å². The van der Waals surface area contributed by atoms with E-state index in [0.717, 1.165) is 12.8 Å².